The minimum absolute atomic E-state index is 0.221. The zero-order valence-electron chi connectivity index (χ0n) is 21.4. The Morgan fingerprint density at radius 2 is 0.788 bits per heavy atom. The summed E-state index contributed by atoms with van der Waals surface area (Å²) in [4.78, 5) is 0. The van der Waals surface area contributed by atoms with Crippen molar-refractivity contribution in [2.75, 3.05) is 39.6 Å². The van der Waals surface area contributed by atoms with E-state index >= 15 is 0 Å². The van der Waals surface area contributed by atoms with Crippen LogP contribution < -0.4 is 0 Å². The fraction of sp³-hybridized carbons (Fsp3) is 1.00. The summed E-state index contributed by atoms with van der Waals surface area (Å²) in [5, 5.41) is 0. The molecular weight excluding hydrogens is 458 g/mol. The highest BCUT2D eigenvalue weighted by molar-refractivity contribution is 7.42. The van der Waals surface area contributed by atoms with Gasteiger partial charge in [0.15, 0.2) is 0 Å². The summed E-state index contributed by atoms with van der Waals surface area (Å²) in [5.41, 5.74) is -0.221. The third kappa shape index (κ3) is 14.1. The summed E-state index contributed by atoms with van der Waals surface area (Å²) in [7, 11) is -2.45. The van der Waals surface area contributed by atoms with Gasteiger partial charge in [0.25, 0.3) is 0 Å². The van der Waals surface area contributed by atoms with Crippen LogP contribution in [0.1, 0.15) is 117 Å². The van der Waals surface area contributed by atoms with Crippen molar-refractivity contribution >= 4 is 17.2 Å². The van der Waals surface area contributed by atoms with Crippen LogP contribution in [0.15, 0.2) is 0 Å². The van der Waals surface area contributed by atoms with Gasteiger partial charge < -0.3 is 27.1 Å². The third-order valence-corrected chi connectivity index (χ3v) is 8.44. The summed E-state index contributed by atoms with van der Waals surface area (Å²) >= 11 is 0. The summed E-state index contributed by atoms with van der Waals surface area (Å²) in [6.07, 6.45) is 20.7. The highest BCUT2D eigenvalue weighted by atomic mass is 31.2. The Labute approximate surface area is 206 Å². The summed E-state index contributed by atoms with van der Waals surface area (Å²) in [6.45, 7) is 8.23. The van der Waals surface area contributed by atoms with Gasteiger partial charge in [-0.25, -0.2) is 0 Å². The molecule has 2 saturated heterocycles. The molecule has 1 spiro atoms. The van der Waals surface area contributed by atoms with Crippen molar-refractivity contribution in [2.45, 2.75) is 117 Å². The highest BCUT2D eigenvalue weighted by Crippen LogP contribution is 2.53. The molecule has 0 unspecified atom stereocenters. The Hall–Kier alpha value is 0.620. The predicted octanol–water partition coefficient (Wildman–Crippen LogP) is 8.83. The molecule has 2 aliphatic rings. The fourth-order valence-electron chi connectivity index (χ4n) is 3.98. The van der Waals surface area contributed by atoms with E-state index in [0.717, 1.165) is 26.1 Å². The maximum atomic E-state index is 5.87. The Morgan fingerprint density at radius 1 is 0.485 bits per heavy atom. The van der Waals surface area contributed by atoms with E-state index in [1.165, 1.54) is 89.9 Å². The van der Waals surface area contributed by atoms with Crippen LogP contribution >= 0.6 is 17.2 Å². The van der Waals surface area contributed by atoms with E-state index in [4.69, 9.17) is 27.1 Å². The van der Waals surface area contributed by atoms with Gasteiger partial charge in [-0.1, -0.05) is 104 Å². The average molecular weight is 509 g/mol. The monoisotopic (exact) mass is 508 g/mol. The van der Waals surface area contributed by atoms with E-state index in [9.17, 15) is 0 Å². The molecule has 2 aliphatic heterocycles. The third-order valence-electron chi connectivity index (χ3n) is 6.29. The Bertz CT molecular complexity index is 397. The second-order valence-electron chi connectivity index (χ2n) is 9.66. The van der Waals surface area contributed by atoms with Crippen LogP contribution in [0.3, 0.4) is 0 Å². The van der Waals surface area contributed by atoms with Gasteiger partial charge in [0, 0.05) is 0 Å². The van der Waals surface area contributed by atoms with Gasteiger partial charge in [0.2, 0.25) is 0 Å². The van der Waals surface area contributed by atoms with E-state index in [2.05, 4.69) is 13.8 Å². The molecule has 8 heteroatoms. The van der Waals surface area contributed by atoms with Crippen LogP contribution in [-0.2, 0) is 27.1 Å². The molecule has 196 valence electrons. The van der Waals surface area contributed by atoms with Gasteiger partial charge in [0.1, 0.15) is 0 Å². The highest BCUT2D eigenvalue weighted by Gasteiger charge is 2.43. The Morgan fingerprint density at radius 3 is 1.12 bits per heavy atom. The first kappa shape index (κ1) is 29.8. The quantitative estimate of drug-likeness (QED) is 0.121. The lowest BCUT2D eigenvalue weighted by molar-refractivity contribution is -0.0761. The molecule has 2 rings (SSSR count). The first-order chi connectivity index (χ1) is 16.3. The zero-order valence-corrected chi connectivity index (χ0v) is 23.2. The van der Waals surface area contributed by atoms with Crippen LogP contribution in [0.2, 0.25) is 0 Å². The van der Waals surface area contributed by atoms with Crippen molar-refractivity contribution < 1.29 is 27.1 Å². The van der Waals surface area contributed by atoms with Gasteiger partial charge >= 0.3 is 17.2 Å². The average Bonchev–Trinajstić information content (AvgIpc) is 2.84. The van der Waals surface area contributed by atoms with E-state index < -0.39 is 17.2 Å². The molecule has 2 fully saturated rings. The maximum Gasteiger partial charge on any atom is 0.332 e. The number of hydrogen-bond donors (Lipinski definition) is 0. The van der Waals surface area contributed by atoms with Crippen molar-refractivity contribution in [2.24, 2.45) is 5.41 Å². The summed E-state index contributed by atoms with van der Waals surface area (Å²) in [6, 6.07) is 0. The molecule has 0 radical (unpaired) electrons. The fourth-order valence-corrected chi connectivity index (χ4v) is 6.50. The van der Waals surface area contributed by atoms with Crippen molar-refractivity contribution in [3.05, 3.63) is 0 Å². The molecule has 0 aromatic heterocycles. The van der Waals surface area contributed by atoms with Gasteiger partial charge in [-0.3, -0.25) is 0 Å². The van der Waals surface area contributed by atoms with Crippen LogP contribution in [0.4, 0.5) is 0 Å². The van der Waals surface area contributed by atoms with Gasteiger partial charge in [-0.2, -0.15) is 0 Å². The van der Waals surface area contributed by atoms with Gasteiger partial charge in [0.05, 0.1) is 45.1 Å². The molecule has 0 aliphatic carbocycles. The summed E-state index contributed by atoms with van der Waals surface area (Å²) in [5.74, 6) is 0. The predicted molar refractivity (Wildman–Crippen MR) is 137 cm³/mol. The van der Waals surface area contributed by atoms with Crippen molar-refractivity contribution in [3.63, 3.8) is 0 Å². The maximum absolute atomic E-state index is 5.87. The summed E-state index contributed by atoms with van der Waals surface area (Å²) < 4.78 is 35.1. The zero-order chi connectivity index (χ0) is 23.5. The van der Waals surface area contributed by atoms with Crippen molar-refractivity contribution in [1.29, 1.82) is 0 Å². The van der Waals surface area contributed by atoms with E-state index in [0.29, 0.717) is 26.4 Å². The number of hydrogen-bond acceptors (Lipinski definition) is 6. The minimum atomic E-state index is -1.22. The molecule has 0 aromatic carbocycles. The molecule has 0 bridgehead atoms. The molecule has 0 saturated carbocycles. The lowest BCUT2D eigenvalue weighted by Crippen LogP contribution is -2.44. The topological polar surface area (TPSA) is 55.4 Å². The first-order valence-electron chi connectivity index (χ1n) is 13.7. The minimum Gasteiger partial charge on any atom is -0.312 e. The number of rotatable bonds is 20. The van der Waals surface area contributed by atoms with Gasteiger partial charge in [-0.05, 0) is 12.8 Å². The van der Waals surface area contributed by atoms with Gasteiger partial charge in [-0.15, -0.1) is 0 Å². The molecule has 33 heavy (non-hydrogen) atoms. The van der Waals surface area contributed by atoms with Crippen LogP contribution in [-0.4, -0.2) is 39.6 Å². The van der Waals surface area contributed by atoms with E-state index in [1.54, 1.807) is 0 Å². The standard InChI is InChI=1S/C25H50O6P2/c1-3-5-7-9-11-13-15-17-19-26-32-28-21-25(22-29-32)23-30-33(31-24-25)27-20-18-16-14-12-10-8-6-4-2/h3-24H2,1-2H3. The van der Waals surface area contributed by atoms with E-state index in [-0.39, 0.29) is 5.41 Å². The van der Waals surface area contributed by atoms with E-state index in [1.807, 2.05) is 0 Å². The second-order valence-corrected chi connectivity index (χ2v) is 12.1. The van der Waals surface area contributed by atoms with Crippen LogP contribution in [0, 0.1) is 5.41 Å². The molecule has 2 heterocycles. The molecule has 0 N–H and O–H groups in total. The molecule has 6 nitrogen and oxygen atoms in total. The van der Waals surface area contributed by atoms with Crippen molar-refractivity contribution in [3.8, 4) is 0 Å². The lowest BCUT2D eigenvalue weighted by atomic mass is 9.93. The Kier molecular flexibility index (Phi) is 17.9. The van der Waals surface area contributed by atoms with Crippen LogP contribution in [0.25, 0.3) is 0 Å². The SMILES string of the molecule is CCCCCCCCCCOP1OCC2(CO1)COP(OCCCCCCCCCC)OC2. The molecule has 0 atom stereocenters. The molecule has 0 aromatic rings. The van der Waals surface area contributed by atoms with Crippen molar-refractivity contribution in [1.82, 2.24) is 0 Å². The smallest absolute Gasteiger partial charge is 0.312 e. The first-order valence-corrected chi connectivity index (χ1v) is 15.8. The lowest BCUT2D eigenvalue weighted by Gasteiger charge is -2.41. The molecular formula is C25H50O6P2. The Balaban J connectivity index is 1.41. The second kappa shape index (κ2) is 19.8. The molecule has 0 amide bonds. The largest absolute Gasteiger partial charge is 0.332 e. The van der Waals surface area contributed by atoms with Crippen LogP contribution in [0.5, 0.6) is 0 Å². The number of unbranched alkanes of at least 4 members (excludes halogenated alkanes) is 14. The normalized spacial score (nSPS) is 25.6.